The highest BCUT2D eigenvalue weighted by Gasteiger charge is 2.08. The highest BCUT2D eigenvalue weighted by molar-refractivity contribution is 9.10. The van der Waals surface area contributed by atoms with Gasteiger partial charge < -0.3 is 5.32 Å². The van der Waals surface area contributed by atoms with Crippen LogP contribution in [0.3, 0.4) is 0 Å². The second-order valence-corrected chi connectivity index (χ2v) is 5.02. The molecule has 2 aromatic rings. The number of nitrogens with zero attached hydrogens (tertiary/aromatic N) is 4. The zero-order valence-corrected chi connectivity index (χ0v) is 11.9. The standard InChI is InChI=1S/C9H8BrCl2N5/c1-17-15-8(14-16-17)4-13-9-6(11)2-5(10)3-7(9)12/h2-3,13H,4H2,1H3. The van der Waals surface area contributed by atoms with Gasteiger partial charge in [-0.05, 0) is 17.3 Å². The van der Waals surface area contributed by atoms with E-state index in [0.29, 0.717) is 28.1 Å². The summed E-state index contributed by atoms with van der Waals surface area (Å²) in [6.45, 7) is 0.412. The van der Waals surface area contributed by atoms with Crippen LogP contribution in [0.25, 0.3) is 0 Å². The van der Waals surface area contributed by atoms with Gasteiger partial charge in [0.2, 0.25) is 0 Å². The lowest BCUT2D eigenvalue weighted by molar-refractivity contribution is 0.628. The molecule has 1 heterocycles. The van der Waals surface area contributed by atoms with Crippen molar-refractivity contribution in [3.05, 3.63) is 32.5 Å². The molecule has 0 amide bonds. The molecule has 90 valence electrons. The Labute approximate surface area is 116 Å². The number of nitrogens with one attached hydrogen (secondary N) is 1. The third-order valence-electron chi connectivity index (χ3n) is 1.98. The van der Waals surface area contributed by atoms with Crippen molar-refractivity contribution in [2.75, 3.05) is 5.32 Å². The molecular formula is C9H8BrCl2N5. The lowest BCUT2D eigenvalue weighted by Gasteiger charge is -2.08. The Bertz CT molecular complexity index is 519. The van der Waals surface area contributed by atoms with Crippen LogP contribution in [0.2, 0.25) is 10.0 Å². The van der Waals surface area contributed by atoms with Crippen molar-refractivity contribution < 1.29 is 0 Å². The SMILES string of the molecule is Cn1nnc(CNc2c(Cl)cc(Br)cc2Cl)n1. The summed E-state index contributed by atoms with van der Waals surface area (Å²) in [6, 6.07) is 3.53. The molecule has 0 aliphatic rings. The number of aryl methyl sites for hydroxylation is 1. The zero-order chi connectivity index (χ0) is 12.4. The summed E-state index contributed by atoms with van der Waals surface area (Å²) in [7, 11) is 1.70. The van der Waals surface area contributed by atoms with Gasteiger partial charge in [-0.25, -0.2) is 0 Å². The average molecular weight is 337 g/mol. The van der Waals surface area contributed by atoms with Crippen molar-refractivity contribution in [2.45, 2.75) is 6.54 Å². The zero-order valence-electron chi connectivity index (χ0n) is 8.78. The predicted molar refractivity (Wildman–Crippen MR) is 70.3 cm³/mol. The van der Waals surface area contributed by atoms with Crippen LogP contribution in [-0.2, 0) is 13.6 Å². The molecule has 0 unspecified atom stereocenters. The summed E-state index contributed by atoms with van der Waals surface area (Å²) in [5, 5.41) is 15.8. The molecule has 17 heavy (non-hydrogen) atoms. The first kappa shape index (κ1) is 12.6. The summed E-state index contributed by atoms with van der Waals surface area (Å²) in [4.78, 5) is 1.39. The molecule has 1 aromatic heterocycles. The monoisotopic (exact) mass is 335 g/mol. The van der Waals surface area contributed by atoms with Gasteiger partial charge in [-0.1, -0.05) is 39.1 Å². The fraction of sp³-hybridized carbons (Fsp3) is 0.222. The predicted octanol–water partition coefficient (Wildman–Crippen LogP) is 2.89. The topological polar surface area (TPSA) is 55.6 Å². The van der Waals surface area contributed by atoms with E-state index in [4.69, 9.17) is 23.2 Å². The maximum Gasteiger partial charge on any atom is 0.193 e. The minimum Gasteiger partial charge on any atom is -0.375 e. The minimum absolute atomic E-state index is 0.412. The normalized spacial score (nSPS) is 10.6. The number of halogens is 3. The van der Waals surface area contributed by atoms with Crippen molar-refractivity contribution in [1.82, 2.24) is 20.2 Å². The number of tetrazole rings is 1. The number of aromatic nitrogens is 4. The van der Waals surface area contributed by atoms with Gasteiger partial charge in [-0.3, -0.25) is 0 Å². The summed E-state index contributed by atoms with van der Waals surface area (Å²) in [5.41, 5.74) is 0.656. The minimum atomic E-state index is 0.412. The lowest BCUT2D eigenvalue weighted by Crippen LogP contribution is -2.03. The van der Waals surface area contributed by atoms with Crippen molar-refractivity contribution in [2.24, 2.45) is 7.05 Å². The number of hydrogen-bond acceptors (Lipinski definition) is 4. The molecule has 0 fully saturated rings. The molecule has 2 rings (SSSR count). The van der Waals surface area contributed by atoms with Gasteiger partial charge in [-0.2, -0.15) is 4.80 Å². The van der Waals surface area contributed by atoms with Gasteiger partial charge in [0.1, 0.15) is 0 Å². The Kier molecular flexibility index (Phi) is 3.86. The van der Waals surface area contributed by atoms with Crippen molar-refractivity contribution >= 4 is 44.8 Å². The fourth-order valence-electron chi connectivity index (χ4n) is 1.27. The molecular weight excluding hydrogens is 329 g/mol. The van der Waals surface area contributed by atoms with E-state index in [1.807, 2.05) is 0 Å². The molecule has 0 bridgehead atoms. The largest absolute Gasteiger partial charge is 0.375 e. The van der Waals surface area contributed by atoms with E-state index >= 15 is 0 Å². The second-order valence-electron chi connectivity index (χ2n) is 3.29. The summed E-state index contributed by atoms with van der Waals surface area (Å²) >= 11 is 15.4. The van der Waals surface area contributed by atoms with E-state index in [1.165, 1.54) is 4.80 Å². The van der Waals surface area contributed by atoms with E-state index in [0.717, 1.165) is 4.47 Å². The van der Waals surface area contributed by atoms with E-state index in [2.05, 4.69) is 36.7 Å². The number of anilines is 1. The van der Waals surface area contributed by atoms with Crippen molar-refractivity contribution in [3.8, 4) is 0 Å². The smallest absolute Gasteiger partial charge is 0.193 e. The fourth-order valence-corrected chi connectivity index (χ4v) is 2.61. The van der Waals surface area contributed by atoms with Gasteiger partial charge in [0.15, 0.2) is 5.82 Å². The summed E-state index contributed by atoms with van der Waals surface area (Å²) in [6.07, 6.45) is 0. The van der Waals surface area contributed by atoms with Crippen LogP contribution >= 0.6 is 39.1 Å². The third-order valence-corrected chi connectivity index (χ3v) is 3.03. The van der Waals surface area contributed by atoms with Crippen molar-refractivity contribution in [3.63, 3.8) is 0 Å². The van der Waals surface area contributed by atoms with E-state index in [-0.39, 0.29) is 0 Å². The van der Waals surface area contributed by atoms with Gasteiger partial charge in [0, 0.05) is 4.47 Å². The van der Waals surface area contributed by atoms with Crippen molar-refractivity contribution in [1.29, 1.82) is 0 Å². The van der Waals surface area contributed by atoms with Crippen LogP contribution < -0.4 is 5.32 Å². The first-order chi connectivity index (χ1) is 8.06. The molecule has 1 aromatic carbocycles. The first-order valence-electron chi connectivity index (χ1n) is 4.67. The van der Waals surface area contributed by atoms with Crippen LogP contribution in [0.1, 0.15) is 5.82 Å². The Hall–Kier alpha value is -0.850. The number of benzene rings is 1. The highest BCUT2D eigenvalue weighted by Crippen LogP contribution is 2.33. The Morgan fingerprint density at radius 1 is 1.35 bits per heavy atom. The van der Waals surface area contributed by atoms with Crippen LogP contribution in [0, 0.1) is 0 Å². The maximum atomic E-state index is 6.07. The average Bonchev–Trinajstić information content (AvgIpc) is 2.62. The molecule has 8 heteroatoms. The molecule has 0 aliphatic carbocycles. The second kappa shape index (κ2) is 5.20. The number of hydrogen-bond donors (Lipinski definition) is 1. The number of rotatable bonds is 3. The van der Waals surface area contributed by atoms with Gasteiger partial charge >= 0.3 is 0 Å². The Morgan fingerprint density at radius 3 is 2.53 bits per heavy atom. The molecule has 1 N–H and O–H groups in total. The third kappa shape index (κ3) is 3.08. The maximum absolute atomic E-state index is 6.07. The molecule has 0 saturated heterocycles. The molecule has 0 aliphatic heterocycles. The van der Waals surface area contributed by atoms with Crippen LogP contribution in [-0.4, -0.2) is 20.2 Å². The van der Waals surface area contributed by atoms with E-state index in [1.54, 1.807) is 19.2 Å². The Morgan fingerprint density at radius 2 is 2.00 bits per heavy atom. The molecule has 0 saturated carbocycles. The molecule has 0 atom stereocenters. The summed E-state index contributed by atoms with van der Waals surface area (Å²) in [5.74, 6) is 0.572. The molecule has 5 nitrogen and oxygen atoms in total. The molecule has 0 spiro atoms. The highest BCUT2D eigenvalue weighted by atomic mass is 79.9. The Balaban J connectivity index is 2.14. The summed E-state index contributed by atoms with van der Waals surface area (Å²) < 4.78 is 0.829. The van der Waals surface area contributed by atoms with Gasteiger partial charge in [0.05, 0.1) is 29.3 Å². The van der Waals surface area contributed by atoms with Crippen LogP contribution in [0.5, 0.6) is 0 Å². The lowest BCUT2D eigenvalue weighted by atomic mass is 10.3. The van der Waals surface area contributed by atoms with Crippen LogP contribution in [0.4, 0.5) is 5.69 Å². The molecule has 0 radical (unpaired) electrons. The quantitative estimate of drug-likeness (QED) is 0.936. The van der Waals surface area contributed by atoms with E-state index in [9.17, 15) is 0 Å². The van der Waals surface area contributed by atoms with E-state index < -0.39 is 0 Å². The van der Waals surface area contributed by atoms with Gasteiger partial charge in [-0.15, -0.1) is 10.2 Å². The van der Waals surface area contributed by atoms with Crippen LogP contribution in [0.15, 0.2) is 16.6 Å². The first-order valence-corrected chi connectivity index (χ1v) is 6.22. The van der Waals surface area contributed by atoms with Gasteiger partial charge in [0.25, 0.3) is 0 Å².